The van der Waals surface area contributed by atoms with Crippen LogP contribution in [0.5, 0.6) is 0 Å². The average molecular weight is 299 g/mol. The van der Waals surface area contributed by atoms with E-state index in [0.717, 1.165) is 37.1 Å². The van der Waals surface area contributed by atoms with Gasteiger partial charge >= 0.3 is 0 Å². The van der Waals surface area contributed by atoms with Gasteiger partial charge in [0.15, 0.2) is 0 Å². The van der Waals surface area contributed by atoms with E-state index < -0.39 is 0 Å². The molecule has 3 heterocycles. The monoisotopic (exact) mass is 299 g/mol. The van der Waals surface area contributed by atoms with Crippen LogP contribution in [0.2, 0.25) is 0 Å². The Morgan fingerprint density at radius 1 is 1.27 bits per heavy atom. The van der Waals surface area contributed by atoms with Crippen molar-refractivity contribution in [3.8, 4) is 0 Å². The summed E-state index contributed by atoms with van der Waals surface area (Å²) in [6.45, 7) is 5.33. The van der Waals surface area contributed by atoms with Crippen LogP contribution in [0, 0.1) is 5.41 Å². The number of hydrogen-bond acceptors (Lipinski definition) is 3. The fourth-order valence-corrected chi connectivity index (χ4v) is 3.69. The SMILES string of the molecule is CCC1(CCCn2c(=O)ccc3cccnc32)CCNCC1. The zero-order valence-corrected chi connectivity index (χ0v) is 13.3. The van der Waals surface area contributed by atoms with Crippen LogP contribution in [-0.4, -0.2) is 22.6 Å². The summed E-state index contributed by atoms with van der Waals surface area (Å²) in [5.41, 5.74) is 1.33. The molecule has 1 aliphatic rings. The molecule has 1 N–H and O–H groups in total. The smallest absolute Gasteiger partial charge is 0.252 e. The van der Waals surface area contributed by atoms with Crippen LogP contribution in [0.3, 0.4) is 0 Å². The lowest BCUT2D eigenvalue weighted by molar-refractivity contribution is 0.169. The first-order valence-corrected chi connectivity index (χ1v) is 8.39. The zero-order chi connectivity index (χ0) is 15.4. The second-order valence-electron chi connectivity index (χ2n) is 6.45. The molecule has 22 heavy (non-hydrogen) atoms. The highest BCUT2D eigenvalue weighted by Crippen LogP contribution is 2.37. The van der Waals surface area contributed by atoms with Crippen molar-refractivity contribution in [2.45, 2.75) is 45.6 Å². The summed E-state index contributed by atoms with van der Waals surface area (Å²) in [4.78, 5) is 16.6. The van der Waals surface area contributed by atoms with Crippen LogP contribution in [-0.2, 0) is 6.54 Å². The third kappa shape index (κ3) is 3.07. The highest BCUT2D eigenvalue weighted by molar-refractivity contribution is 5.74. The fraction of sp³-hybridized carbons (Fsp3) is 0.556. The summed E-state index contributed by atoms with van der Waals surface area (Å²) in [5, 5.41) is 4.49. The maximum Gasteiger partial charge on any atom is 0.252 e. The average Bonchev–Trinajstić information content (AvgIpc) is 2.58. The highest BCUT2D eigenvalue weighted by atomic mass is 16.1. The number of pyridine rings is 2. The Bertz CT molecular complexity index is 686. The summed E-state index contributed by atoms with van der Waals surface area (Å²) in [7, 11) is 0. The summed E-state index contributed by atoms with van der Waals surface area (Å²) in [5.74, 6) is 0. The first-order chi connectivity index (χ1) is 10.7. The van der Waals surface area contributed by atoms with E-state index in [1.165, 1.54) is 25.7 Å². The van der Waals surface area contributed by atoms with Crippen molar-refractivity contribution in [2.75, 3.05) is 13.1 Å². The van der Waals surface area contributed by atoms with Crippen molar-refractivity contribution in [1.82, 2.24) is 14.9 Å². The lowest BCUT2D eigenvalue weighted by atomic mass is 9.73. The van der Waals surface area contributed by atoms with Crippen LogP contribution >= 0.6 is 0 Å². The number of hydrogen-bond donors (Lipinski definition) is 1. The second-order valence-corrected chi connectivity index (χ2v) is 6.45. The van der Waals surface area contributed by atoms with Gasteiger partial charge < -0.3 is 5.32 Å². The second kappa shape index (κ2) is 6.61. The van der Waals surface area contributed by atoms with E-state index in [1.54, 1.807) is 12.3 Å². The van der Waals surface area contributed by atoms with Gasteiger partial charge in [-0.1, -0.05) is 13.3 Å². The van der Waals surface area contributed by atoms with Gasteiger partial charge in [-0.15, -0.1) is 0 Å². The van der Waals surface area contributed by atoms with Gasteiger partial charge in [0.2, 0.25) is 0 Å². The molecule has 0 aliphatic carbocycles. The fourth-order valence-electron chi connectivity index (χ4n) is 3.69. The van der Waals surface area contributed by atoms with Crippen LogP contribution in [0.1, 0.15) is 39.0 Å². The Morgan fingerprint density at radius 3 is 2.86 bits per heavy atom. The van der Waals surface area contributed by atoms with E-state index in [1.807, 2.05) is 22.8 Å². The van der Waals surface area contributed by atoms with Gasteiger partial charge in [0, 0.05) is 24.2 Å². The molecular formula is C18H25N3O. The molecule has 0 saturated carbocycles. The normalized spacial score (nSPS) is 17.7. The summed E-state index contributed by atoms with van der Waals surface area (Å²) < 4.78 is 1.83. The molecule has 0 spiro atoms. The number of aryl methyl sites for hydroxylation is 1. The molecule has 118 valence electrons. The highest BCUT2D eigenvalue weighted by Gasteiger charge is 2.29. The van der Waals surface area contributed by atoms with Gasteiger partial charge in [-0.3, -0.25) is 9.36 Å². The maximum absolute atomic E-state index is 12.2. The first kappa shape index (κ1) is 15.2. The van der Waals surface area contributed by atoms with Gasteiger partial charge in [-0.05, 0) is 62.4 Å². The Hall–Kier alpha value is -1.68. The molecule has 0 radical (unpaired) electrons. The van der Waals surface area contributed by atoms with Gasteiger partial charge in [-0.25, -0.2) is 4.98 Å². The molecule has 0 amide bonds. The van der Waals surface area contributed by atoms with E-state index in [0.29, 0.717) is 5.41 Å². The topological polar surface area (TPSA) is 46.9 Å². The Labute approximate surface area is 131 Å². The molecular weight excluding hydrogens is 274 g/mol. The third-order valence-corrected chi connectivity index (χ3v) is 5.25. The van der Waals surface area contributed by atoms with E-state index in [4.69, 9.17) is 0 Å². The Balaban J connectivity index is 1.74. The van der Waals surface area contributed by atoms with Gasteiger partial charge in [-0.2, -0.15) is 0 Å². The minimum Gasteiger partial charge on any atom is -0.317 e. The molecule has 0 unspecified atom stereocenters. The molecule has 1 fully saturated rings. The number of aromatic nitrogens is 2. The molecule has 0 bridgehead atoms. The molecule has 0 aromatic carbocycles. The van der Waals surface area contributed by atoms with Crippen molar-refractivity contribution in [3.05, 3.63) is 40.8 Å². The van der Waals surface area contributed by atoms with Crippen molar-refractivity contribution < 1.29 is 0 Å². The standard InChI is InChI=1S/C18H25N3O/c1-2-18(9-12-19-13-10-18)8-4-14-21-16(22)7-6-15-5-3-11-20-17(15)21/h3,5-7,11,19H,2,4,8-10,12-14H2,1H3. The van der Waals surface area contributed by atoms with Crippen LogP contribution in [0.25, 0.3) is 11.0 Å². The predicted molar refractivity (Wildman–Crippen MR) is 90.1 cm³/mol. The zero-order valence-electron chi connectivity index (χ0n) is 13.3. The van der Waals surface area contributed by atoms with E-state index in [2.05, 4.69) is 17.2 Å². The molecule has 1 saturated heterocycles. The molecule has 4 nitrogen and oxygen atoms in total. The molecule has 2 aromatic rings. The van der Waals surface area contributed by atoms with Crippen LogP contribution in [0.4, 0.5) is 0 Å². The van der Waals surface area contributed by atoms with Crippen molar-refractivity contribution in [3.63, 3.8) is 0 Å². The molecule has 2 aromatic heterocycles. The Kier molecular flexibility index (Phi) is 4.57. The number of fused-ring (bicyclic) bond motifs is 1. The number of nitrogens with one attached hydrogen (secondary N) is 1. The molecule has 3 rings (SSSR count). The summed E-state index contributed by atoms with van der Waals surface area (Å²) in [6, 6.07) is 7.45. The minimum atomic E-state index is 0.0575. The van der Waals surface area contributed by atoms with Crippen LogP contribution < -0.4 is 10.9 Å². The van der Waals surface area contributed by atoms with Gasteiger partial charge in [0.1, 0.15) is 5.65 Å². The Morgan fingerprint density at radius 2 is 2.09 bits per heavy atom. The lowest BCUT2D eigenvalue weighted by Gasteiger charge is -2.37. The number of piperidine rings is 1. The van der Waals surface area contributed by atoms with Gasteiger partial charge in [0.25, 0.3) is 5.56 Å². The minimum absolute atomic E-state index is 0.0575. The largest absolute Gasteiger partial charge is 0.317 e. The molecule has 4 heteroatoms. The van der Waals surface area contributed by atoms with Crippen molar-refractivity contribution >= 4 is 11.0 Å². The number of rotatable bonds is 5. The summed E-state index contributed by atoms with van der Waals surface area (Å²) >= 11 is 0. The van der Waals surface area contributed by atoms with Crippen molar-refractivity contribution in [2.24, 2.45) is 5.41 Å². The van der Waals surface area contributed by atoms with Crippen LogP contribution in [0.15, 0.2) is 35.3 Å². The molecule has 0 atom stereocenters. The lowest BCUT2D eigenvalue weighted by Crippen LogP contribution is -2.36. The van der Waals surface area contributed by atoms with E-state index in [-0.39, 0.29) is 5.56 Å². The van der Waals surface area contributed by atoms with Gasteiger partial charge in [0.05, 0.1) is 0 Å². The summed E-state index contributed by atoms with van der Waals surface area (Å²) in [6.07, 6.45) is 7.75. The first-order valence-electron chi connectivity index (χ1n) is 8.39. The predicted octanol–water partition coefficient (Wildman–Crippen LogP) is 2.96. The quantitative estimate of drug-likeness (QED) is 0.923. The number of nitrogens with zero attached hydrogens (tertiary/aromatic N) is 2. The third-order valence-electron chi connectivity index (χ3n) is 5.25. The van der Waals surface area contributed by atoms with E-state index in [9.17, 15) is 4.79 Å². The van der Waals surface area contributed by atoms with E-state index >= 15 is 0 Å². The maximum atomic E-state index is 12.2. The molecule has 1 aliphatic heterocycles. The van der Waals surface area contributed by atoms with Crippen molar-refractivity contribution in [1.29, 1.82) is 0 Å².